The first kappa shape index (κ1) is 26.1. The maximum Gasteiger partial charge on any atom is 0.306 e. The summed E-state index contributed by atoms with van der Waals surface area (Å²) in [5.41, 5.74) is 0. The van der Waals surface area contributed by atoms with Crippen LogP contribution in [0.1, 0.15) is 111 Å². The van der Waals surface area contributed by atoms with Crippen molar-refractivity contribution in [3.8, 4) is 0 Å². The molecule has 0 bridgehead atoms. The molecule has 0 aromatic heterocycles. The summed E-state index contributed by atoms with van der Waals surface area (Å²) >= 11 is 0. The predicted octanol–water partition coefficient (Wildman–Crippen LogP) is 5.92. The van der Waals surface area contributed by atoms with Crippen LogP contribution in [0.4, 0.5) is 0 Å². The molecule has 0 aromatic carbocycles. The average molecular weight is 384 g/mol. The Labute approximate surface area is 168 Å². The summed E-state index contributed by atoms with van der Waals surface area (Å²) in [5.74, 6) is 0.279. The number of ether oxygens (including phenoxy) is 1. The summed E-state index contributed by atoms with van der Waals surface area (Å²) < 4.78 is 5.29. The van der Waals surface area contributed by atoms with Gasteiger partial charge in [-0.2, -0.15) is 0 Å². The van der Waals surface area contributed by atoms with Gasteiger partial charge in [-0.05, 0) is 65.6 Å². The Morgan fingerprint density at radius 3 is 1.74 bits per heavy atom. The van der Waals surface area contributed by atoms with Crippen LogP contribution in [0, 0.1) is 0 Å². The normalized spacial score (nSPS) is 12.3. The van der Waals surface area contributed by atoms with E-state index in [1.807, 2.05) is 13.8 Å². The van der Waals surface area contributed by atoms with Crippen molar-refractivity contribution < 1.29 is 14.3 Å². The Morgan fingerprint density at radius 1 is 0.778 bits per heavy atom. The van der Waals surface area contributed by atoms with E-state index in [1.54, 1.807) is 6.92 Å². The van der Waals surface area contributed by atoms with E-state index in [1.165, 1.54) is 58.0 Å². The molecule has 0 N–H and O–H groups in total. The second-order valence-electron chi connectivity index (χ2n) is 7.88. The van der Waals surface area contributed by atoms with Gasteiger partial charge >= 0.3 is 5.97 Å². The van der Waals surface area contributed by atoms with E-state index >= 15 is 0 Å². The molecule has 4 nitrogen and oxygen atoms in total. The summed E-state index contributed by atoms with van der Waals surface area (Å²) in [4.78, 5) is 25.0. The highest BCUT2D eigenvalue weighted by Crippen LogP contribution is 2.10. The van der Waals surface area contributed by atoms with Crippen LogP contribution in [0.2, 0.25) is 0 Å². The van der Waals surface area contributed by atoms with E-state index in [0.717, 1.165) is 38.6 Å². The molecule has 0 aliphatic heterocycles. The van der Waals surface area contributed by atoms with Crippen molar-refractivity contribution in [1.82, 2.24) is 4.90 Å². The van der Waals surface area contributed by atoms with Gasteiger partial charge in [0.2, 0.25) is 0 Å². The number of carbonyl (C=O) groups is 2. The monoisotopic (exact) mass is 383 g/mol. The highest BCUT2D eigenvalue weighted by atomic mass is 16.5. The number of carbonyl (C=O) groups excluding carboxylic acids is 2. The first-order valence-corrected chi connectivity index (χ1v) is 11.4. The van der Waals surface area contributed by atoms with Gasteiger partial charge in [0.25, 0.3) is 0 Å². The fourth-order valence-corrected chi connectivity index (χ4v) is 3.17. The number of unbranched alkanes of at least 4 members (excludes halogenated alkanes) is 8. The van der Waals surface area contributed by atoms with Gasteiger partial charge in [0.05, 0.1) is 6.10 Å². The van der Waals surface area contributed by atoms with Crippen molar-refractivity contribution in [1.29, 1.82) is 0 Å². The summed E-state index contributed by atoms with van der Waals surface area (Å²) in [6.45, 7) is 11.4. The minimum Gasteiger partial charge on any atom is -0.463 e. The van der Waals surface area contributed by atoms with E-state index in [2.05, 4.69) is 11.8 Å². The van der Waals surface area contributed by atoms with Gasteiger partial charge in [0.1, 0.15) is 5.78 Å². The maximum atomic E-state index is 11.6. The molecule has 0 aliphatic rings. The van der Waals surface area contributed by atoms with Crippen LogP contribution < -0.4 is 0 Å². The molecule has 0 amide bonds. The fraction of sp³-hybridized carbons (Fsp3) is 0.913. The van der Waals surface area contributed by atoms with Crippen molar-refractivity contribution in [3.63, 3.8) is 0 Å². The van der Waals surface area contributed by atoms with Gasteiger partial charge in [-0.1, -0.05) is 52.4 Å². The molecule has 0 saturated carbocycles. The van der Waals surface area contributed by atoms with Crippen LogP contribution in [-0.2, 0) is 14.3 Å². The molecule has 0 aliphatic carbocycles. The highest BCUT2D eigenvalue weighted by Gasteiger charge is 2.07. The van der Waals surface area contributed by atoms with Crippen LogP contribution in [0.3, 0.4) is 0 Å². The second kappa shape index (κ2) is 18.5. The Kier molecular flexibility index (Phi) is 17.8. The molecule has 4 heteroatoms. The standard InChI is InChI=1S/C23H45NO3/c1-5-22(4)27-23(26)18-14-10-8-12-16-20-24(6-2)19-15-11-7-9-13-17-21(3)25/h22H,5-20H2,1-4H3. The number of hydrogen-bond donors (Lipinski definition) is 0. The fourth-order valence-electron chi connectivity index (χ4n) is 3.17. The van der Waals surface area contributed by atoms with Crippen molar-refractivity contribution in [2.45, 2.75) is 117 Å². The minimum atomic E-state index is -0.0391. The third kappa shape index (κ3) is 18.2. The van der Waals surface area contributed by atoms with Crippen LogP contribution in [-0.4, -0.2) is 42.4 Å². The number of rotatable bonds is 19. The largest absolute Gasteiger partial charge is 0.463 e. The lowest BCUT2D eigenvalue weighted by atomic mass is 10.1. The molecule has 0 heterocycles. The highest BCUT2D eigenvalue weighted by molar-refractivity contribution is 5.75. The minimum absolute atomic E-state index is 0.0391. The summed E-state index contributed by atoms with van der Waals surface area (Å²) in [6, 6.07) is 0. The Balaban J connectivity index is 3.47. The lowest BCUT2D eigenvalue weighted by Crippen LogP contribution is -2.25. The van der Waals surface area contributed by atoms with E-state index in [-0.39, 0.29) is 12.1 Å². The maximum absolute atomic E-state index is 11.6. The van der Waals surface area contributed by atoms with E-state index in [9.17, 15) is 9.59 Å². The molecule has 1 unspecified atom stereocenters. The Bertz CT molecular complexity index is 371. The molecular weight excluding hydrogens is 338 g/mol. The van der Waals surface area contributed by atoms with Crippen LogP contribution in [0.25, 0.3) is 0 Å². The number of hydrogen-bond acceptors (Lipinski definition) is 4. The van der Waals surface area contributed by atoms with Crippen molar-refractivity contribution in [3.05, 3.63) is 0 Å². The summed E-state index contributed by atoms with van der Waals surface area (Å²) in [6.07, 6.45) is 14.1. The van der Waals surface area contributed by atoms with Gasteiger partial charge in [0.15, 0.2) is 0 Å². The van der Waals surface area contributed by atoms with Gasteiger partial charge in [-0.3, -0.25) is 4.79 Å². The van der Waals surface area contributed by atoms with Crippen LogP contribution in [0.5, 0.6) is 0 Å². The molecule has 0 saturated heterocycles. The first-order valence-electron chi connectivity index (χ1n) is 11.4. The lowest BCUT2D eigenvalue weighted by Gasteiger charge is -2.20. The van der Waals surface area contributed by atoms with Gasteiger partial charge < -0.3 is 14.4 Å². The third-order valence-corrected chi connectivity index (χ3v) is 5.21. The van der Waals surface area contributed by atoms with Crippen LogP contribution >= 0.6 is 0 Å². The quantitative estimate of drug-likeness (QED) is 0.205. The van der Waals surface area contributed by atoms with E-state index in [4.69, 9.17) is 4.74 Å². The van der Waals surface area contributed by atoms with Crippen molar-refractivity contribution >= 4 is 11.8 Å². The SMILES string of the molecule is CCC(C)OC(=O)CCCCCCCN(CC)CCCCCCCC(C)=O. The predicted molar refractivity (Wildman–Crippen MR) is 114 cm³/mol. The molecule has 0 radical (unpaired) electrons. The number of ketones is 1. The average Bonchev–Trinajstić information content (AvgIpc) is 2.64. The zero-order chi connectivity index (χ0) is 20.3. The molecule has 0 rings (SSSR count). The van der Waals surface area contributed by atoms with Crippen molar-refractivity contribution in [2.24, 2.45) is 0 Å². The van der Waals surface area contributed by atoms with E-state index < -0.39 is 0 Å². The van der Waals surface area contributed by atoms with E-state index in [0.29, 0.717) is 12.2 Å². The van der Waals surface area contributed by atoms with Gasteiger partial charge in [0, 0.05) is 12.8 Å². The third-order valence-electron chi connectivity index (χ3n) is 5.21. The summed E-state index contributed by atoms with van der Waals surface area (Å²) in [5, 5.41) is 0. The Hall–Kier alpha value is -0.900. The zero-order valence-electron chi connectivity index (χ0n) is 18.6. The zero-order valence-corrected chi connectivity index (χ0v) is 18.6. The number of nitrogens with zero attached hydrogens (tertiary/aromatic N) is 1. The Morgan fingerprint density at radius 2 is 1.26 bits per heavy atom. The second-order valence-corrected chi connectivity index (χ2v) is 7.88. The lowest BCUT2D eigenvalue weighted by molar-refractivity contribution is -0.148. The summed E-state index contributed by atoms with van der Waals surface area (Å²) in [7, 11) is 0. The van der Waals surface area contributed by atoms with Crippen LogP contribution in [0.15, 0.2) is 0 Å². The number of esters is 1. The first-order chi connectivity index (χ1) is 13.0. The smallest absolute Gasteiger partial charge is 0.306 e. The molecule has 1 atom stereocenters. The molecule has 27 heavy (non-hydrogen) atoms. The molecule has 0 aromatic rings. The van der Waals surface area contributed by atoms with Gasteiger partial charge in [-0.25, -0.2) is 0 Å². The molecule has 0 fully saturated rings. The molecule has 0 spiro atoms. The topological polar surface area (TPSA) is 46.6 Å². The van der Waals surface area contributed by atoms with Gasteiger partial charge in [-0.15, -0.1) is 0 Å². The molecule has 160 valence electrons. The van der Waals surface area contributed by atoms with Crippen molar-refractivity contribution in [2.75, 3.05) is 19.6 Å². The molecular formula is C23H45NO3. The number of Topliss-reactive ketones (excluding diaryl/α,β-unsaturated/α-hetero) is 1.